The molecule has 0 aromatic rings. The Morgan fingerprint density at radius 2 is 1.68 bits per heavy atom. The van der Waals surface area contributed by atoms with Crippen LogP contribution in [0.15, 0.2) is 0 Å². The molecule has 1 amide bonds. The monoisotopic (exact) mass is 267 g/mol. The summed E-state index contributed by atoms with van der Waals surface area (Å²) in [5.74, 6) is 0.999. The van der Waals surface area contributed by atoms with Crippen LogP contribution in [0, 0.1) is 5.92 Å². The van der Waals surface area contributed by atoms with E-state index in [1.165, 1.54) is 32.1 Å². The average Bonchev–Trinajstić information content (AvgIpc) is 2.45. The van der Waals surface area contributed by atoms with Gasteiger partial charge in [0.05, 0.1) is 12.1 Å². The maximum atomic E-state index is 12.2. The van der Waals surface area contributed by atoms with Gasteiger partial charge >= 0.3 is 0 Å². The molecular formula is C16H29NO2. The van der Waals surface area contributed by atoms with Crippen LogP contribution in [-0.4, -0.2) is 35.1 Å². The van der Waals surface area contributed by atoms with Gasteiger partial charge in [-0.25, -0.2) is 0 Å². The minimum atomic E-state index is -0.308. The smallest absolute Gasteiger partial charge is 0.222 e. The lowest BCUT2D eigenvalue weighted by Gasteiger charge is -2.35. The predicted octanol–water partition coefficient (Wildman–Crippen LogP) is 3.11. The lowest BCUT2D eigenvalue weighted by Crippen LogP contribution is -2.46. The van der Waals surface area contributed by atoms with Crippen LogP contribution in [-0.2, 0) is 4.79 Å². The van der Waals surface area contributed by atoms with E-state index in [1.807, 2.05) is 11.9 Å². The number of amides is 1. The molecule has 3 nitrogen and oxygen atoms in total. The van der Waals surface area contributed by atoms with Crippen LogP contribution in [0.5, 0.6) is 0 Å². The Labute approximate surface area is 117 Å². The third kappa shape index (κ3) is 4.20. The van der Waals surface area contributed by atoms with Crippen molar-refractivity contribution in [2.45, 2.75) is 82.8 Å². The maximum absolute atomic E-state index is 12.2. The number of hydrogen-bond acceptors (Lipinski definition) is 2. The summed E-state index contributed by atoms with van der Waals surface area (Å²) in [6.45, 7) is 0. The van der Waals surface area contributed by atoms with Gasteiger partial charge in [0.15, 0.2) is 0 Å². The normalized spacial score (nSPS) is 29.2. The van der Waals surface area contributed by atoms with Crippen molar-refractivity contribution in [1.82, 2.24) is 4.90 Å². The fourth-order valence-corrected chi connectivity index (χ4v) is 3.71. The molecule has 2 aliphatic carbocycles. The van der Waals surface area contributed by atoms with E-state index < -0.39 is 0 Å². The number of nitrogens with zero attached hydrogens (tertiary/aromatic N) is 1. The van der Waals surface area contributed by atoms with Gasteiger partial charge in [-0.1, -0.05) is 44.9 Å². The molecule has 2 fully saturated rings. The van der Waals surface area contributed by atoms with E-state index in [2.05, 4.69) is 0 Å². The van der Waals surface area contributed by atoms with Crippen molar-refractivity contribution in [3.05, 3.63) is 0 Å². The second-order valence-electron chi connectivity index (χ2n) is 6.47. The van der Waals surface area contributed by atoms with E-state index in [-0.39, 0.29) is 18.1 Å². The van der Waals surface area contributed by atoms with E-state index in [1.54, 1.807) is 0 Å². The number of carbonyl (C=O) groups is 1. The summed E-state index contributed by atoms with van der Waals surface area (Å²) in [6, 6.07) is 0.0626. The Balaban J connectivity index is 1.74. The first-order valence-corrected chi connectivity index (χ1v) is 8.12. The van der Waals surface area contributed by atoms with Gasteiger partial charge in [-0.3, -0.25) is 4.79 Å². The molecule has 0 saturated heterocycles. The van der Waals surface area contributed by atoms with Gasteiger partial charge in [-0.05, 0) is 25.2 Å². The molecule has 0 aromatic carbocycles. The number of rotatable bonds is 4. The Kier molecular flexibility index (Phi) is 5.68. The predicted molar refractivity (Wildman–Crippen MR) is 76.8 cm³/mol. The first-order valence-electron chi connectivity index (χ1n) is 8.12. The van der Waals surface area contributed by atoms with Crippen molar-refractivity contribution in [3.8, 4) is 0 Å². The first kappa shape index (κ1) is 14.8. The van der Waals surface area contributed by atoms with Crippen LogP contribution < -0.4 is 0 Å². The van der Waals surface area contributed by atoms with Crippen molar-refractivity contribution >= 4 is 5.91 Å². The fourth-order valence-electron chi connectivity index (χ4n) is 3.71. The summed E-state index contributed by atoms with van der Waals surface area (Å²) in [7, 11) is 1.88. The van der Waals surface area contributed by atoms with Crippen molar-refractivity contribution in [1.29, 1.82) is 0 Å². The van der Waals surface area contributed by atoms with Crippen molar-refractivity contribution in [2.75, 3.05) is 7.05 Å². The van der Waals surface area contributed by atoms with E-state index >= 15 is 0 Å². The largest absolute Gasteiger partial charge is 0.391 e. The standard InChI is InChI=1S/C16H29NO2/c1-17(14-9-5-6-10-15(14)18)16(19)12-11-13-7-3-2-4-8-13/h13-15,18H,2-12H2,1H3. The fraction of sp³-hybridized carbons (Fsp3) is 0.938. The molecule has 1 N–H and O–H groups in total. The van der Waals surface area contributed by atoms with Gasteiger partial charge in [0.2, 0.25) is 5.91 Å². The quantitative estimate of drug-likeness (QED) is 0.850. The third-order valence-corrected chi connectivity index (χ3v) is 5.08. The summed E-state index contributed by atoms with van der Waals surface area (Å²) in [5.41, 5.74) is 0. The van der Waals surface area contributed by atoms with Gasteiger partial charge < -0.3 is 10.0 Å². The van der Waals surface area contributed by atoms with Gasteiger partial charge in [0, 0.05) is 13.5 Å². The van der Waals surface area contributed by atoms with E-state index in [0.29, 0.717) is 6.42 Å². The zero-order valence-corrected chi connectivity index (χ0v) is 12.3. The minimum absolute atomic E-state index is 0.0626. The molecular weight excluding hydrogens is 238 g/mol. The summed E-state index contributed by atoms with van der Waals surface area (Å²) in [6.07, 6.45) is 12.1. The first-order chi connectivity index (χ1) is 9.18. The number of aliphatic hydroxyl groups is 1. The number of likely N-dealkylation sites (N-methyl/N-ethyl adjacent to an activating group) is 1. The second-order valence-corrected chi connectivity index (χ2v) is 6.47. The second kappa shape index (κ2) is 7.28. The van der Waals surface area contributed by atoms with Crippen molar-refractivity contribution in [2.24, 2.45) is 5.92 Å². The summed E-state index contributed by atoms with van der Waals surface area (Å²) in [4.78, 5) is 14.1. The van der Waals surface area contributed by atoms with Gasteiger partial charge in [0.25, 0.3) is 0 Å². The van der Waals surface area contributed by atoms with Crippen LogP contribution in [0.4, 0.5) is 0 Å². The average molecular weight is 267 g/mol. The molecule has 0 spiro atoms. The molecule has 0 aromatic heterocycles. The molecule has 2 unspecified atom stereocenters. The van der Waals surface area contributed by atoms with Crippen LogP contribution in [0.3, 0.4) is 0 Å². The van der Waals surface area contributed by atoms with Gasteiger partial charge in [0.1, 0.15) is 0 Å². The third-order valence-electron chi connectivity index (χ3n) is 5.08. The molecule has 0 aliphatic heterocycles. The van der Waals surface area contributed by atoms with Crippen LogP contribution in [0.2, 0.25) is 0 Å². The number of hydrogen-bond donors (Lipinski definition) is 1. The molecule has 0 heterocycles. The van der Waals surface area contributed by atoms with Crippen molar-refractivity contribution < 1.29 is 9.90 Å². The highest BCUT2D eigenvalue weighted by molar-refractivity contribution is 5.76. The molecule has 2 atom stereocenters. The molecule has 3 heteroatoms. The molecule has 110 valence electrons. The SMILES string of the molecule is CN(C(=O)CCC1CCCCC1)C1CCCCC1O. The molecule has 2 saturated carbocycles. The summed E-state index contributed by atoms with van der Waals surface area (Å²) >= 11 is 0. The van der Waals surface area contributed by atoms with Gasteiger partial charge in [-0.15, -0.1) is 0 Å². The van der Waals surface area contributed by atoms with Crippen LogP contribution >= 0.6 is 0 Å². The maximum Gasteiger partial charge on any atom is 0.222 e. The van der Waals surface area contributed by atoms with Crippen molar-refractivity contribution in [3.63, 3.8) is 0 Å². The summed E-state index contributed by atoms with van der Waals surface area (Å²) in [5, 5.41) is 10.0. The lowest BCUT2D eigenvalue weighted by atomic mass is 9.86. The lowest BCUT2D eigenvalue weighted by molar-refractivity contribution is -0.135. The topological polar surface area (TPSA) is 40.5 Å². The van der Waals surface area contributed by atoms with Gasteiger partial charge in [-0.2, -0.15) is 0 Å². The Bertz CT molecular complexity index is 286. The molecule has 0 radical (unpaired) electrons. The molecule has 2 aliphatic rings. The number of aliphatic hydroxyl groups excluding tert-OH is 1. The van der Waals surface area contributed by atoms with E-state index in [4.69, 9.17) is 0 Å². The van der Waals surface area contributed by atoms with E-state index in [0.717, 1.165) is 38.0 Å². The Morgan fingerprint density at radius 1 is 1.05 bits per heavy atom. The zero-order valence-electron chi connectivity index (χ0n) is 12.3. The summed E-state index contributed by atoms with van der Waals surface area (Å²) < 4.78 is 0. The highest BCUT2D eigenvalue weighted by atomic mass is 16.3. The highest BCUT2D eigenvalue weighted by Gasteiger charge is 2.29. The minimum Gasteiger partial charge on any atom is -0.391 e. The number of carbonyl (C=O) groups excluding carboxylic acids is 1. The Hall–Kier alpha value is -0.570. The molecule has 19 heavy (non-hydrogen) atoms. The highest BCUT2D eigenvalue weighted by Crippen LogP contribution is 2.28. The molecule has 2 rings (SSSR count). The Morgan fingerprint density at radius 3 is 2.37 bits per heavy atom. The van der Waals surface area contributed by atoms with Crippen LogP contribution in [0.25, 0.3) is 0 Å². The molecule has 0 bridgehead atoms. The zero-order chi connectivity index (χ0) is 13.7. The van der Waals surface area contributed by atoms with E-state index in [9.17, 15) is 9.90 Å². The van der Waals surface area contributed by atoms with Crippen LogP contribution in [0.1, 0.15) is 70.6 Å².